The van der Waals surface area contributed by atoms with Crippen molar-refractivity contribution in [2.24, 2.45) is 29.4 Å². The molecule has 0 aliphatic carbocycles. The van der Waals surface area contributed by atoms with Gasteiger partial charge in [0.1, 0.15) is 0 Å². The Kier molecular flexibility index (Phi) is 4.78. The molecule has 0 spiro atoms. The molecule has 1 heterocycles. The highest BCUT2D eigenvalue weighted by atomic mass is 16.2. The predicted molar refractivity (Wildman–Crippen MR) is 66.9 cm³/mol. The fraction of sp³-hybridized carbons (Fsp3) is 0.923. The molecule has 0 aromatic rings. The third kappa shape index (κ3) is 3.21. The molecule has 0 aromatic carbocycles. The SMILES string of the molecule is CC1CC(C)CN(C(=O)C(CN)C(C)C)C1. The summed E-state index contributed by atoms with van der Waals surface area (Å²) in [4.78, 5) is 14.3. The lowest BCUT2D eigenvalue weighted by atomic mass is 9.89. The van der Waals surface area contributed by atoms with Gasteiger partial charge in [-0.2, -0.15) is 0 Å². The molecule has 0 saturated carbocycles. The minimum atomic E-state index is -0.00231. The Labute approximate surface area is 99.4 Å². The van der Waals surface area contributed by atoms with Gasteiger partial charge in [-0.3, -0.25) is 4.79 Å². The minimum Gasteiger partial charge on any atom is -0.342 e. The van der Waals surface area contributed by atoms with Crippen LogP contribution in [0.1, 0.15) is 34.1 Å². The maximum atomic E-state index is 12.3. The zero-order valence-electron chi connectivity index (χ0n) is 11.1. The summed E-state index contributed by atoms with van der Waals surface area (Å²) in [6, 6.07) is 0. The first-order chi connectivity index (χ1) is 7.45. The van der Waals surface area contributed by atoms with Crippen LogP contribution in [0.5, 0.6) is 0 Å². The first-order valence-electron chi connectivity index (χ1n) is 6.44. The van der Waals surface area contributed by atoms with E-state index in [4.69, 9.17) is 5.73 Å². The lowest BCUT2D eigenvalue weighted by molar-refractivity contribution is -0.139. The molecule has 16 heavy (non-hydrogen) atoms. The van der Waals surface area contributed by atoms with Gasteiger partial charge in [-0.25, -0.2) is 0 Å². The van der Waals surface area contributed by atoms with Gasteiger partial charge in [-0.1, -0.05) is 27.7 Å². The molecule has 0 radical (unpaired) electrons. The fourth-order valence-electron chi connectivity index (χ4n) is 2.74. The minimum absolute atomic E-state index is 0.00231. The van der Waals surface area contributed by atoms with E-state index in [-0.39, 0.29) is 11.8 Å². The van der Waals surface area contributed by atoms with Gasteiger partial charge >= 0.3 is 0 Å². The predicted octanol–water partition coefficient (Wildman–Crippen LogP) is 1.72. The molecule has 2 N–H and O–H groups in total. The van der Waals surface area contributed by atoms with Crippen molar-refractivity contribution in [1.29, 1.82) is 0 Å². The van der Waals surface area contributed by atoms with Gasteiger partial charge in [0.15, 0.2) is 0 Å². The second-order valence-corrected chi connectivity index (χ2v) is 5.78. The first kappa shape index (κ1) is 13.5. The van der Waals surface area contributed by atoms with Crippen LogP contribution in [-0.2, 0) is 4.79 Å². The van der Waals surface area contributed by atoms with E-state index in [1.54, 1.807) is 0 Å². The summed E-state index contributed by atoms with van der Waals surface area (Å²) in [5, 5.41) is 0. The van der Waals surface area contributed by atoms with E-state index in [2.05, 4.69) is 27.7 Å². The monoisotopic (exact) mass is 226 g/mol. The zero-order valence-corrected chi connectivity index (χ0v) is 11.1. The molecule has 1 aliphatic rings. The Bertz CT molecular complexity index is 230. The normalized spacial score (nSPS) is 28.2. The van der Waals surface area contributed by atoms with Crippen LogP contribution in [0.4, 0.5) is 0 Å². The molecule has 1 saturated heterocycles. The number of amides is 1. The third-order valence-electron chi connectivity index (χ3n) is 3.56. The molecular formula is C13H26N2O. The van der Waals surface area contributed by atoms with Crippen molar-refractivity contribution >= 4 is 5.91 Å². The van der Waals surface area contributed by atoms with E-state index in [1.807, 2.05) is 4.90 Å². The largest absolute Gasteiger partial charge is 0.342 e. The summed E-state index contributed by atoms with van der Waals surface area (Å²) in [6.45, 7) is 10.9. The number of hydrogen-bond donors (Lipinski definition) is 1. The molecule has 3 heteroatoms. The maximum absolute atomic E-state index is 12.3. The fourth-order valence-corrected chi connectivity index (χ4v) is 2.74. The van der Waals surface area contributed by atoms with Crippen LogP contribution in [-0.4, -0.2) is 30.4 Å². The van der Waals surface area contributed by atoms with E-state index in [9.17, 15) is 4.79 Å². The summed E-state index contributed by atoms with van der Waals surface area (Å²) < 4.78 is 0. The van der Waals surface area contributed by atoms with Gasteiger partial charge in [0, 0.05) is 19.6 Å². The molecule has 0 aromatic heterocycles. The van der Waals surface area contributed by atoms with Crippen molar-refractivity contribution in [1.82, 2.24) is 4.90 Å². The van der Waals surface area contributed by atoms with E-state index >= 15 is 0 Å². The van der Waals surface area contributed by atoms with Crippen LogP contribution in [0.15, 0.2) is 0 Å². The van der Waals surface area contributed by atoms with Crippen LogP contribution in [0, 0.1) is 23.7 Å². The van der Waals surface area contributed by atoms with E-state index < -0.39 is 0 Å². The van der Waals surface area contributed by atoms with E-state index in [0.717, 1.165) is 13.1 Å². The number of nitrogens with zero attached hydrogens (tertiary/aromatic N) is 1. The number of rotatable bonds is 3. The second-order valence-electron chi connectivity index (χ2n) is 5.78. The highest BCUT2D eigenvalue weighted by molar-refractivity contribution is 5.79. The maximum Gasteiger partial charge on any atom is 0.227 e. The number of carbonyl (C=O) groups excluding carboxylic acids is 1. The van der Waals surface area contributed by atoms with Crippen LogP contribution >= 0.6 is 0 Å². The van der Waals surface area contributed by atoms with Crippen molar-refractivity contribution in [3.8, 4) is 0 Å². The summed E-state index contributed by atoms with van der Waals surface area (Å²) in [5.74, 6) is 1.84. The number of likely N-dealkylation sites (tertiary alicyclic amines) is 1. The lowest BCUT2D eigenvalue weighted by Crippen LogP contribution is -2.47. The summed E-state index contributed by atoms with van der Waals surface area (Å²) in [6.07, 6.45) is 1.23. The Morgan fingerprint density at radius 2 is 1.81 bits per heavy atom. The number of hydrogen-bond acceptors (Lipinski definition) is 2. The third-order valence-corrected chi connectivity index (χ3v) is 3.56. The highest BCUT2D eigenvalue weighted by Gasteiger charge is 2.30. The average molecular weight is 226 g/mol. The summed E-state index contributed by atoms with van der Waals surface area (Å²) in [5.41, 5.74) is 5.70. The molecule has 1 rings (SSSR count). The highest BCUT2D eigenvalue weighted by Crippen LogP contribution is 2.23. The zero-order chi connectivity index (χ0) is 12.3. The Morgan fingerprint density at radius 3 is 2.19 bits per heavy atom. The number of nitrogens with two attached hydrogens (primary N) is 1. The van der Waals surface area contributed by atoms with Crippen molar-refractivity contribution in [2.45, 2.75) is 34.1 Å². The van der Waals surface area contributed by atoms with Gasteiger partial charge in [0.05, 0.1) is 5.92 Å². The number of carbonyl (C=O) groups is 1. The van der Waals surface area contributed by atoms with Gasteiger partial charge in [-0.15, -0.1) is 0 Å². The van der Waals surface area contributed by atoms with Gasteiger partial charge < -0.3 is 10.6 Å². The van der Waals surface area contributed by atoms with Gasteiger partial charge in [0.25, 0.3) is 0 Å². The molecule has 3 unspecified atom stereocenters. The smallest absolute Gasteiger partial charge is 0.227 e. The van der Waals surface area contributed by atoms with Crippen molar-refractivity contribution in [3.63, 3.8) is 0 Å². The average Bonchev–Trinajstić information content (AvgIpc) is 2.16. The Hall–Kier alpha value is -0.570. The Balaban J connectivity index is 2.65. The number of piperidine rings is 1. The van der Waals surface area contributed by atoms with Crippen LogP contribution in [0.25, 0.3) is 0 Å². The van der Waals surface area contributed by atoms with Crippen molar-refractivity contribution < 1.29 is 4.79 Å². The second kappa shape index (κ2) is 5.67. The van der Waals surface area contributed by atoms with Crippen LogP contribution in [0.2, 0.25) is 0 Å². The first-order valence-corrected chi connectivity index (χ1v) is 6.44. The van der Waals surface area contributed by atoms with Crippen LogP contribution < -0.4 is 5.73 Å². The molecule has 3 nitrogen and oxygen atoms in total. The van der Waals surface area contributed by atoms with E-state index in [1.165, 1.54) is 6.42 Å². The van der Waals surface area contributed by atoms with Gasteiger partial charge in [0.2, 0.25) is 5.91 Å². The Morgan fingerprint density at radius 1 is 1.31 bits per heavy atom. The van der Waals surface area contributed by atoms with Crippen LogP contribution in [0.3, 0.4) is 0 Å². The quantitative estimate of drug-likeness (QED) is 0.796. The summed E-state index contributed by atoms with van der Waals surface area (Å²) >= 11 is 0. The molecular weight excluding hydrogens is 200 g/mol. The van der Waals surface area contributed by atoms with Gasteiger partial charge in [-0.05, 0) is 24.2 Å². The standard InChI is InChI=1S/C13H26N2O/c1-9(2)12(6-14)13(16)15-7-10(3)5-11(4)8-15/h9-12H,5-8,14H2,1-4H3. The molecule has 1 amide bonds. The molecule has 94 valence electrons. The van der Waals surface area contributed by atoms with Crippen molar-refractivity contribution in [2.75, 3.05) is 19.6 Å². The molecule has 1 fully saturated rings. The lowest BCUT2D eigenvalue weighted by Gasteiger charge is -2.37. The molecule has 0 bridgehead atoms. The summed E-state index contributed by atoms with van der Waals surface area (Å²) in [7, 11) is 0. The van der Waals surface area contributed by atoms with E-state index in [0.29, 0.717) is 24.3 Å². The van der Waals surface area contributed by atoms with Crippen molar-refractivity contribution in [3.05, 3.63) is 0 Å². The molecule has 3 atom stereocenters. The molecule has 1 aliphatic heterocycles. The topological polar surface area (TPSA) is 46.3 Å².